The van der Waals surface area contributed by atoms with E-state index in [4.69, 9.17) is 4.52 Å². The molecule has 1 aromatic heterocycles. The molecule has 1 aliphatic heterocycles. The molecule has 5 heteroatoms. The second-order valence-electron chi connectivity index (χ2n) is 7.71. The molecule has 2 aromatic carbocycles. The molecule has 1 aliphatic carbocycles. The summed E-state index contributed by atoms with van der Waals surface area (Å²) >= 11 is 0. The van der Waals surface area contributed by atoms with Gasteiger partial charge in [0, 0.05) is 24.4 Å². The van der Waals surface area contributed by atoms with Gasteiger partial charge in [0.05, 0.1) is 6.04 Å². The third-order valence-corrected chi connectivity index (χ3v) is 6.05. The Morgan fingerprint density at radius 1 is 1.14 bits per heavy atom. The summed E-state index contributed by atoms with van der Waals surface area (Å²) in [5, 5.41) is 4.19. The van der Waals surface area contributed by atoms with Crippen LogP contribution in [-0.4, -0.2) is 27.5 Å². The summed E-state index contributed by atoms with van der Waals surface area (Å²) in [6.45, 7) is 2.79. The van der Waals surface area contributed by atoms with Gasteiger partial charge in [-0.15, -0.1) is 0 Å². The summed E-state index contributed by atoms with van der Waals surface area (Å²) in [5.74, 6) is 1.34. The Labute approximate surface area is 164 Å². The highest BCUT2D eigenvalue weighted by atomic mass is 16.5. The highest BCUT2D eigenvalue weighted by Gasteiger charge is 2.39. The Hall–Kier alpha value is -2.95. The van der Waals surface area contributed by atoms with Gasteiger partial charge < -0.3 is 9.42 Å². The first-order chi connectivity index (χ1) is 13.7. The monoisotopic (exact) mass is 373 g/mol. The van der Waals surface area contributed by atoms with Gasteiger partial charge in [0.25, 0.3) is 5.89 Å². The molecule has 2 heterocycles. The predicted molar refractivity (Wildman–Crippen MR) is 106 cm³/mol. The molecule has 1 fully saturated rings. The van der Waals surface area contributed by atoms with E-state index in [2.05, 4.69) is 53.5 Å². The Kier molecular flexibility index (Phi) is 4.23. The molecule has 3 aromatic rings. The summed E-state index contributed by atoms with van der Waals surface area (Å²) in [5.41, 5.74) is 4.85. The minimum absolute atomic E-state index is 0.00678. The van der Waals surface area contributed by atoms with Crippen LogP contribution in [0.2, 0.25) is 0 Å². The van der Waals surface area contributed by atoms with Crippen molar-refractivity contribution in [1.82, 2.24) is 15.0 Å². The Morgan fingerprint density at radius 3 is 2.79 bits per heavy atom. The number of hydrogen-bond donors (Lipinski definition) is 0. The van der Waals surface area contributed by atoms with Crippen LogP contribution in [0.4, 0.5) is 0 Å². The highest BCUT2D eigenvalue weighted by molar-refractivity contribution is 5.80. The second kappa shape index (κ2) is 6.89. The predicted octanol–water partition coefficient (Wildman–Crippen LogP) is 4.30. The van der Waals surface area contributed by atoms with Crippen LogP contribution in [0, 0.1) is 0 Å². The summed E-state index contributed by atoms with van der Waals surface area (Å²) in [6.07, 6.45) is 3.49. The summed E-state index contributed by atoms with van der Waals surface area (Å²) in [6, 6.07) is 16.8. The molecule has 0 saturated carbocycles. The van der Waals surface area contributed by atoms with E-state index in [1.165, 1.54) is 16.7 Å². The third kappa shape index (κ3) is 2.91. The first kappa shape index (κ1) is 17.2. The molecule has 2 unspecified atom stereocenters. The number of fused-ring (bicyclic) bond motifs is 1. The lowest BCUT2D eigenvalue weighted by Gasteiger charge is -2.25. The zero-order chi connectivity index (χ0) is 19.1. The maximum absolute atomic E-state index is 12.7. The first-order valence-electron chi connectivity index (χ1n) is 10.0. The number of hydrogen-bond acceptors (Lipinski definition) is 4. The first-order valence-corrected chi connectivity index (χ1v) is 10.0. The molecule has 0 N–H and O–H groups in total. The lowest BCUT2D eigenvalue weighted by molar-refractivity contribution is -0.129. The van der Waals surface area contributed by atoms with Crippen LogP contribution in [-0.2, 0) is 17.6 Å². The molecule has 5 nitrogen and oxygen atoms in total. The number of carbonyl (C=O) groups excluding carboxylic acids is 1. The van der Waals surface area contributed by atoms with Gasteiger partial charge in [0.2, 0.25) is 5.91 Å². The van der Waals surface area contributed by atoms with Gasteiger partial charge in [-0.25, -0.2) is 0 Å². The number of carbonyl (C=O) groups is 1. The van der Waals surface area contributed by atoms with Crippen molar-refractivity contribution in [2.24, 2.45) is 0 Å². The van der Waals surface area contributed by atoms with E-state index in [1.807, 2.05) is 17.0 Å². The van der Waals surface area contributed by atoms with E-state index in [0.29, 0.717) is 24.7 Å². The quantitative estimate of drug-likeness (QED) is 0.684. The largest absolute Gasteiger partial charge is 0.335 e. The van der Waals surface area contributed by atoms with Gasteiger partial charge in [0.1, 0.15) is 0 Å². The Balaban J connectivity index is 1.34. The van der Waals surface area contributed by atoms with Crippen LogP contribution in [0.15, 0.2) is 53.1 Å². The minimum atomic E-state index is -0.00678. The molecule has 2 atom stereocenters. The van der Waals surface area contributed by atoms with Crippen LogP contribution in [0.25, 0.3) is 11.5 Å². The standard InChI is InChI=1S/C23H23N3O2/c1-2-15-7-9-17(10-8-15)23-24-22(25-28-23)18-13-21(27)26(14-18)20-12-11-16-5-3-4-6-19(16)20/h3-10,18,20H,2,11-14H2,1H3. The smallest absolute Gasteiger partial charge is 0.257 e. The number of likely N-dealkylation sites (tertiary alicyclic amines) is 1. The maximum atomic E-state index is 12.7. The van der Waals surface area contributed by atoms with Gasteiger partial charge in [-0.2, -0.15) is 4.98 Å². The molecule has 0 radical (unpaired) electrons. The highest BCUT2D eigenvalue weighted by Crippen LogP contribution is 2.40. The Morgan fingerprint density at radius 2 is 1.96 bits per heavy atom. The lowest BCUT2D eigenvalue weighted by Crippen LogP contribution is -2.28. The summed E-state index contributed by atoms with van der Waals surface area (Å²) in [4.78, 5) is 19.4. The molecule has 1 amide bonds. The number of aromatic nitrogens is 2. The van der Waals surface area contributed by atoms with E-state index in [9.17, 15) is 4.79 Å². The molecule has 0 spiro atoms. The molecule has 28 heavy (non-hydrogen) atoms. The van der Waals surface area contributed by atoms with Crippen LogP contribution >= 0.6 is 0 Å². The maximum Gasteiger partial charge on any atom is 0.257 e. The summed E-state index contributed by atoms with van der Waals surface area (Å²) < 4.78 is 5.50. The van der Waals surface area contributed by atoms with E-state index in [0.717, 1.165) is 24.8 Å². The van der Waals surface area contributed by atoms with Gasteiger partial charge in [0.15, 0.2) is 5.82 Å². The van der Waals surface area contributed by atoms with Crippen LogP contribution in [0.1, 0.15) is 54.2 Å². The molecule has 2 aliphatic rings. The van der Waals surface area contributed by atoms with E-state index < -0.39 is 0 Å². The van der Waals surface area contributed by atoms with E-state index in [-0.39, 0.29) is 17.9 Å². The van der Waals surface area contributed by atoms with Crippen LogP contribution < -0.4 is 0 Å². The van der Waals surface area contributed by atoms with Crippen molar-refractivity contribution in [3.05, 3.63) is 71.0 Å². The van der Waals surface area contributed by atoms with Crippen molar-refractivity contribution in [1.29, 1.82) is 0 Å². The van der Waals surface area contributed by atoms with Gasteiger partial charge >= 0.3 is 0 Å². The van der Waals surface area contributed by atoms with Gasteiger partial charge in [-0.3, -0.25) is 4.79 Å². The van der Waals surface area contributed by atoms with Crippen molar-refractivity contribution < 1.29 is 9.32 Å². The van der Waals surface area contributed by atoms with Gasteiger partial charge in [-0.05, 0) is 48.1 Å². The zero-order valence-corrected chi connectivity index (χ0v) is 16.0. The molecule has 142 valence electrons. The number of aryl methyl sites for hydroxylation is 2. The molecular weight excluding hydrogens is 350 g/mol. The Bertz CT molecular complexity index is 1010. The second-order valence-corrected chi connectivity index (χ2v) is 7.71. The summed E-state index contributed by atoms with van der Waals surface area (Å²) in [7, 11) is 0. The van der Waals surface area contributed by atoms with Crippen LogP contribution in [0.5, 0.6) is 0 Å². The van der Waals surface area contributed by atoms with Crippen molar-refractivity contribution in [3.63, 3.8) is 0 Å². The van der Waals surface area contributed by atoms with E-state index >= 15 is 0 Å². The van der Waals surface area contributed by atoms with Crippen LogP contribution in [0.3, 0.4) is 0 Å². The number of benzene rings is 2. The number of nitrogens with zero attached hydrogens (tertiary/aromatic N) is 3. The molecule has 1 saturated heterocycles. The SMILES string of the molecule is CCc1ccc(-c2nc(C3CC(=O)N(C4CCc5ccccc54)C3)no2)cc1. The van der Waals surface area contributed by atoms with E-state index in [1.54, 1.807) is 0 Å². The normalized spacial score (nSPS) is 21.3. The lowest BCUT2D eigenvalue weighted by atomic mass is 10.1. The fraction of sp³-hybridized carbons (Fsp3) is 0.348. The average Bonchev–Trinajstić information content (AvgIpc) is 3.46. The van der Waals surface area contributed by atoms with Crippen molar-refractivity contribution in [2.75, 3.05) is 6.54 Å². The van der Waals surface area contributed by atoms with Crippen molar-refractivity contribution in [3.8, 4) is 11.5 Å². The van der Waals surface area contributed by atoms with Crippen molar-refractivity contribution >= 4 is 5.91 Å². The number of amides is 1. The van der Waals surface area contributed by atoms with Crippen molar-refractivity contribution in [2.45, 2.75) is 44.6 Å². The average molecular weight is 373 g/mol. The number of rotatable bonds is 4. The fourth-order valence-electron chi connectivity index (χ4n) is 4.47. The fourth-order valence-corrected chi connectivity index (χ4v) is 4.47. The minimum Gasteiger partial charge on any atom is -0.335 e. The molecule has 0 bridgehead atoms. The zero-order valence-electron chi connectivity index (χ0n) is 16.0. The molecular formula is C23H23N3O2. The van der Waals surface area contributed by atoms with Gasteiger partial charge in [-0.1, -0.05) is 48.5 Å². The third-order valence-electron chi connectivity index (χ3n) is 6.05. The topological polar surface area (TPSA) is 59.2 Å². The molecule has 5 rings (SSSR count).